The summed E-state index contributed by atoms with van der Waals surface area (Å²) in [6.45, 7) is -1.34. The minimum atomic E-state index is -1.42. The normalized spacial score (nSPS) is 24.8. The Morgan fingerprint density at radius 1 is 0.760 bits per heavy atom. The first-order chi connectivity index (χ1) is 11.1. The van der Waals surface area contributed by atoms with Gasteiger partial charge in [0, 0.05) is 0 Å². The van der Waals surface area contributed by atoms with Crippen LogP contribution in [0.5, 0.6) is 0 Å². The standard InChI is InChI=1S/2C6H8O6.Ca/c2*7-1-2(8)5-3(9)4(10)6(11)12-5;/h2*2,5,7-10H,1H2;/q;;+2/t2*2-,5+;/m00./s1. The predicted molar refractivity (Wildman–Crippen MR) is 76.3 cm³/mol. The van der Waals surface area contributed by atoms with E-state index in [2.05, 4.69) is 9.47 Å². The first kappa shape index (κ1) is 23.7. The quantitative estimate of drug-likeness (QED) is 0.175. The Bertz CT molecular complexity index is 520. The third kappa shape index (κ3) is 5.34. The van der Waals surface area contributed by atoms with Gasteiger partial charge in [-0.25, -0.2) is 9.59 Å². The van der Waals surface area contributed by atoms with Gasteiger partial charge in [-0.05, 0) is 0 Å². The summed E-state index contributed by atoms with van der Waals surface area (Å²) in [6.07, 6.45) is -5.55. The summed E-state index contributed by atoms with van der Waals surface area (Å²) in [5.74, 6) is -5.56. The second-order valence-corrected chi connectivity index (χ2v) is 4.62. The van der Waals surface area contributed by atoms with Crippen molar-refractivity contribution >= 4 is 49.7 Å². The van der Waals surface area contributed by atoms with E-state index in [4.69, 9.17) is 40.9 Å². The molecule has 136 valence electrons. The van der Waals surface area contributed by atoms with Gasteiger partial charge in [-0.3, -0.25) is 0 Å². The molecule has 0 amide bonds. The maximum absolute atomic E-state index is 10.5. The molecule has 2 heterocycles. The zero-order valence-corrected chi connectivity index (χ0v) is 14.8. The molecule has 4 atom stereocenters. The summed E-state index contributed by atoms with van der Waals surface area (Å²) < 4.78 is 8.63. The van der Waals surface area contributed by atoms with Crippen molar-refractivity contribution in [3.63, 3.8) is 0 Å². The number of carbonyl (C=O) groups excluding carboxylic acids is 2. The molecule has 2 aliphatic rings. The Balaban J connectivity index is 0.000000443. The molecule has 2 rings (SSSR count). The number of hydrogen-bond acceptors (Lipinski definition) is 12. The van der Waals surface area contributed by atoms with E-state index < -0.39 is 72.6 Å². The number of hydrogen-bond donors (Lipinski definition) is 8. The molecule has 0 aromatic carbocycles. The van der Waals surface area contributed by atoms with E-state index in [0.29, 0.717) is 0 Å². The molecule has 0 saturated heterocycles. The van der Waals surface area contributed by atoms with Crippen LogP contribution in [0.25, 0.3) is 0 Å². The zero-order valence-electron chi connectivity index (χ0n) is 12.6. The number of cyclic esters (lactones) is 2. The summed E-state index contributed by atoms with van der Waals surface area (Å²) in [6, 6.07) is 0. The van der Waals surface area contributed by atoms with Gasteiger partial charge in [-0.1, -0.05) is 0 Å². The Morgan fingerprint density at radius 3 is 1.20 bits per heavy atom. The van der Waals surface area contributed by atoms with Crippen molar-refractivity contribution < 1.29 is 59.9 Å². The number of esters is 2. The first-order valence-electron chi connectivity index (χ1n) is 6.39. The number of aliphatic hydroxyl groups excluding tert-OH is 8. The van der Waals surface area contributed by atoms with Gasteiger partial charge >= 0.3 is 49.7 Å². The topological polar surface area (TPSA) is 214 Å². The fourth-order valence-corrected chi connectivity index (χ4v) is 1.65. The second kappa shape index (κ2) is 10.0. The number of carbonyl (C=O) groups is 2. The number of rotatable bonds is 4. The maximum atomic E-state index is 10.5. The van der Waals surface area contributed by atoms with Gasteiger partial charge in [0.05, 0.1) is 13.2 Å². The van der Waals surface area contributed by atoms with E-state index in [9.17, 15) is 9.59 Å². The van der Waals surface area contributed by atoms with Crippen LogP contribution in [0.4, 0.5) is 0 Å². The van der Waals surface area contributed by atoms with Crippen molar-refractivity contribution in [3.8, 4) is 0 Å². The Hall–Kier alpha value is -1.28. The molecule has 0 aromatic rings. The van der Waals surface area contributed by atoms with Gasteiger partial charge in [0.15, 0.2) is 23.7 Å². The van der Waals surface area contributed by atoms with Crippen molar-refractivity contribution in [2.24, 2.45) is 0 Å². The third-order valence-corrected chi connectivity index (χ3v) is 2.95. The molecule has 2 aliphatic heterocycles. The summed E-state index contributed by atoms with van der Waals surface area (Å²) in [5, 5.41) is 70.1. The molecular formula is C12H16CaO12+2. The minimum absolute atomic E-state index is 0. The van der Waals surface area contributed by atoms with E-state index in [-0.39, 0.29) is 37.7 Å². The van der Waals surface area contributed by atoms with Crippen molar-refractivity contribution in [2.45, 2.75) is 24.4 Å². The van der Waals surface area contributed by atoms with Crippen LogP contribution in [0.15, 0.2) is 23.0 Å². The van der Waals surface area contributed by atoms with Crippen molar-refractivity contribution in [3.05, 3.63) is 23.0 Å². The summed E-state index contributed by atoms with van der Waals surface area (Å²) >= 11 is 0. The van der Waals surface area contributed by atoms with Crippen LogP contribution in [0.3, 0.4) is 0 Å². The van der Waals surface area contributed by atoms with Gasteiger partial charge in [0.25, 0.3) is 0 Å². The van der Waals surface area contributed by atoms with Gasteiger partial charge in [-0.15, -0.1) is 0 Å². The molecule has 0 saturated carbocycles. The van der Waals surface area contributed by atoms with Crippen LogP contribution in [0.2, 0.25) is 0 Å². The molecule has 8 N–H and O–H groups in total. The van der Waals surface area contributed by atoms with Crippen molar-refractivity contribution in [1.82, 2.24) is 0 Å². The molecule has 25 heavy (non-hydrogen) atoms. The van der Waals surface area contributed by atoms with Gasteiger partial charge < -0.3 is 50.3 Å². The van der Waals surface area contributed by atoms with Crippen LogP contribution < -0.4 is 0 Å². The Kier molecular flexibility index (Phi) is 9.50. The fraction of sp³-hybridized carbons (Fsp3) is 0.500. The summed E-state index contributed by atoms with van der Waals surface area (Å²) in [4.78, 5) is 21.1. The van der Waals surface area contributed by atoms with E-state index in [1.165, 1.54) is 0 Å². The van der Waals surface area contributed by atoms with Crippen molar-refractivity contribution in [2.75, 3.05) is 13.2 Å². The maximum Gasteiger partial charge on any atom is 2.00 e. The average molecular weight is 392 g/mol. The second-order valence-electron chi connectivity index (χ2n) is 4.62. The number of ether oxygens (including phenoxy) is 2. The molecule has 12 nitrogen and oxygen atoms in total. The van der Waals surface area contributed by atoms with Gasteiger partial charge in [0.1, 0.15) is 12.2 Å². The molecule has 0 spiro atoms. The van der Waals surface area contributed by atoms with E-state index in [1.807, 2.05) is 0 Å². The molecule has 0 fully saturated rings. The minimum Gasteiger partial charge on any atom is -0.505 e. The number of aliphatic hydroxyl groups is 8. The Labute approximate surface area is 169 Å². The Morgan fingerprint density at radius 2 is 1.04 bits per heavy atom. The summed E-state index contributed by atoms with van der Waals surface area (Å²) in [5.41, 5.74) is 0. The van der Waals surface area contributed by atoms with Crippen LogP contribution in [0, 0.1) is 0 Å². The fourth-order valence-electron chi connectivity index (χ4n) is 1.65. The monoisotopic (exact) mass is 392 g/mol. The molecule has 0 aromatic heterocycles. The predicted octanol–water partition coefficient (Wildman–Crippen LogP) is -3.20. The first-order valence-corrected chi connectivity index (χ1v) is 6.39. The molecule has 0 radical (unpaired) electrons. The largest absolute Gasteiger partial charge is 2.00 e. The van der Waals surface area contributed by atoms with Gasteiger partial charge in [0.2, 0.25) is 11.5 Å². The molecular weight excluding hydrogens is 376 g/mol. The van der Waals surface area contributed by atoms with Crippen LogP contribution in [-0.2, 0) is 19.1 Å². The summed E-state index contributed by atoms with van der Waals surface area (Å²) in [7, 11) is 0. The van der Waals surface area contributed by atoms with Crippen LogP contribution in [-0.4, -0.2) is 128 Å². The smallest absolute Gasteiger partial charge is 0.505 e. The van der Waals surface area contributed by atoms with E-state index >= 15 is 0 Å². The van der Waals surface area contributed by atoms with Gasteiger partial charge in [-0.2, -0.15) is 0 Å². The van der Waals surface area contributed by atoms with Crippen LogP contribution in [0.1, 0.15) is 0 Å². The SMILES string of the molecule is O=C1O[C@H]([C@@H](O)CO)C(O)=C1O.O=C1O[C@H]([C@@H](O)CO)C(O)=C1O.[Ca+2]. The molecule has 13 heteroatoms. The van der Waals surface area contributed by atoms with Crippen molar-refractivity contribution in [1.29, 1.82) is 0 Å². The van der Waals surface area contributed by atoms with Crippen LogP contribution >= 0.6 is 0 Å². The zero-order chi connectivity index (χ0) is 18.6. The van der Waals surface area contributed by atoms with E-state index in [0.717, 1.165) is 0 Å². The molecule has 0 bridgehead atoms. The third-order valence-electron chi connectivity index (χ3n) is 2.95. The molecule has 0 aliphatic carbocycles. The average Bonchev–Trinajstić information content (AvgIpc) is 2.98. The van der Waals surface area contributed by atoms with E-state index in [1.54, 1.807) is 0 Å². The molecule has 0 unspecified atom stereocenters.